The van der Waals surface area contributed by atoms with Crippen molar-refractivity contribution in [2.45, 2.75) is 45.3 Å². The van der Waals surface area contributed by atoms with Gasteiger partial charge >= 0.3 is 0 Å². The van der Waals surface area contributed by atoms with Gasteiger partial charge in [0.05, 0.1) is 11.6 Å². The van der Waals surface area contributed by atoms with E-state index in [1.165, 1.54) is 0 Å². The van der Waals surface area contributed by atoms with Crippen molar-refractivity contribution in [3.8, 4) is 0 Å². The minimum atomic E-state index is -0.702. The molecule has 0 radical (unpaired) electrons. The zero-order chi connectivity index (χ0) is 17.7. The summed E-state index contributed by atoms with van der Waals surface area (Å²) in [5.41, 5.74) is 2.09. The van der Waals surface area contributed by atoms with Crippen molar-refractivity contribution in [3.05, 3.63) is 65.5 Å². The van der Waals surface area contributed by atoms with Crippen LogP contribution in [0.3, 0.4) is 0 Å². The van der Waals surface area contributed by atoms with Gasteiger partial charge in [-0.05, 0) is 69.0 Å². The lowest BCUT2D eigenvalue weighted by Gasteiger charge is -2.25. The number of hydrogen-bond donors (Lipinski definition) is 1. The van der Waals surface area contributed by atoms with E-state index in [1.54, 1.807) is 31.1 Å². The van der Waals surface area contributed by atoms with Crippen molar-refractivity contribution in [3.63, 3.8) is 0 Å². The molecular weight excluding hydrogens is 300 g/mol. The summed E-state index contributed by atoms with van der Waals surface area (Å²) in [4.78, 5) is 18.5. The van der Waals surface area contributed by atoms with Crippen LogP contribution in [-0.4, -0.2) is 33.5 Å². The van der Waals surface area contributed by atoms with Crippen LogP contribution < -0.4 is 0 Å². The van der Waals surface area contributed by atoms with E-state index in [4.69, 9.17) is 0 Å². The van der Waals surface area contributed by atoms with Crippen molar-refractivity contribution in [2.24, 2.45) is 0 Å². The third-order valence-corrected chi connectivity index (χ3v) is 4.29. The highest BCUT2D eigenvalue weighted by atomic mass is 16.3. The Bertz CT molecular complexity index is 678. The first kappa shape index (κ1) is 18.1. The van der Waals surface area contributed by atoms with Gasteiger partial charge in [-0.25, -0.2) is 0 Å². The topological polar surface area (TPSA) is 53.4 Å². The van der Waals surface area contributed by atoms with Gasteiger partial charge in [-0.2, -0.15) is 0 Å². The molecule has 1 N–H and O–H groups in total. The van der Waals surface area contributed by atoms with E-state index >= 15 is 0 Å². The molecule has 1 aromatic carbocycles. The Morgan fingerprint density at radius 3 is 2.54 bits per heavy atom. The molecular formula is C20H26N2O2. The average Bonchev–Trinajstić information content (AvgIpc) is 2.58. The highest BCUT2D eigenvalue weighted by Gasteiger charge is 2.19. The molecule has 1 atom stereocenters. The molecule has 4 heteroatoms. The molecule has 0 saturated carbocycles. The van der Waals surface area contributed by atoms with Crippen LogP contribution in [0, 0.1) is 0 Å². The minimum Gasteiger partial charge on any atom is -0.390 e. The highest BCUT2D eigenvalue weighted by Crippen LogP contribution is 2.21. The predicted octanol–water partition coefficient (Wildman–Crippen LogP) is 3.62. The maximum absolute atomic E-state index is 12.8. The normalized spacial score (nSPS) is 12.7. The molecule has 0 aliphatic rings. The summed E-state index contributed by atoms with van der Waals surface area (Å²) in [7, 11) is 1.82. The number of nitrogens with zero attached hydrogens (tertiary/aromatic N) is 2. The molecule has 0 bridgehead atoms. The number of hydrogen-bond acceptors (Lipinski definition) is 3. The largest absolute Gasteiger partial charge is 0.390 e. The minimum absolute atomic E-state index is 0.00980. The lowest BCUT2D eigenvalue weighted by molar-refractivity contribution is 0.0714. The number of carbonyl (C=O) groups excluding carboxylic acids is 1. The van der Waals surface area contributed by atoms with Crippen LogP contribution in [0.15, 0.2) is 48.8 Å². The van der Waals surface area contributed by atoms with Crippen molar-refractivity contribution >= 4 is 5.91 Å². The summed E-state index contributed by atoms with van der Waals surface area (Å²) in [5, 5.41) is 9.86. The van der Waals surface area contributed by atoms with Crippen LogP contribution in [0.4, 0.5) is 0 Å². The zero-order valence-electron chi connectivity index (χ0n) is 14.9. The summed E-state index contributed by atoms with van der Waals surface area (Å²) in [5.74, 6) is -0.00980. The van der Waals surface area contributed by atoms with Gasteiger partial charge in [-0.15, -0.1) is 0 Å². The molecule has 0 fully saturated rings. The smallest absolute Gasteiger partial charge is 0.254 e. The van der Waals surface area contributed by atoms with Gasteiger partial charge in [0.25, 0.3) is 5.91 Å². The molecule has 0 saturated heterocycles. The van der Waals surface area contributed by atoms with Gasteiger partial charge in [-0.1, -0.05) is 12.1 Å². The number of benzene rings is 1. The van der Waals surface area contributed by atoms with Crippen molar-refractivity contribution < 1.29 is 9.90 Å². The molecule has 2 rings (SSSR count). The summed E-state index contributed by atoms with van der Waals surface area (Å²) in [6.45, 7) is 5.60. The van der Waals surface area contributed by atoms with E-state index in [-0.39, 0.29) is 11.9 Å². The van der Waals surface area contributed by atoms with Crippen molar-refractivity contribution in [1.29, 1.82) is 0 Å². The number of carbonyl (C=O) groups is 1. The second-order valence-corrected chi connectivity index (χ2v) is 6.89. The number of aliphatic hydroxyl groups is 1. The Hall–Kier alpha value is -2.20. The Morgan fingerprint density at radius 1 is 1.25 bits per heavy atom. The first-order valence-corrected chi connectivity index (χ1v) is 8.26. The van der Waals surface area contributed by atoms with Crippen molar-refractivity contribution in [2.75, 3.05) is 7.05 Å². The number of rotatable bonds is 6. The second kappa shape index (κ2) is 7.58. The zero-order valence-corrected chi connectivity index (χ0v) is 14.9. The molecule has 1 amide bonds. The molecule has 1 aromatic heterocycles. The third-order valence-electron chi connectivity index (χ3n) is 4.29. The number of pyridine rings is 1. The number of aryl methyl sites for hydroxylation is 1. The Morgan fingerprint density at radius 2 is 1.92 bits per heavy atom. The van der Waals surface area contributed by atoms with Crippen LogP contribution in [0.1, 0.15) is 54.7 Å². The van der Waals surface area contributed by atoms with Gasteiger partial charge in [0, 0.05) is 25.0 Å². The lowest BCUT2D eigenvalue weighted by Crippen LogP contribution is -2.29. The van der Waals surface area contributed by atoms with E-state index < -0.39 is 5.60 Å². The maximum Gasteiger partial charge on any atom is 0.254 e. The molecule has 0 spiro atoms. The Labute approximate surface area is 144 Å². The van der Waals surface area contributed by atoms with Crippen LogP contribution in [0.2, 0.25) is 0 Å². The standard InChI is InChI=1S/C20H26N2O2/c1-15(17-9-12-21-13-10-17)22(4)19(23)18-7-5-6-16(14-18)8-11-20(2,3)24/h5-7,9-10,12-15,24H,8,11H2,1-4H3/t15-/m1/s1. The van der Waals surface area contributed by atoms with Crippen LogP contribution in [-0.2, 0) is 6.42 Å². The first-order chi connectivity index (χ1) is 11.3. The first-order valence-electron chi connectivity index (χ1n) is 8.26. The predicted molar refractivity (Wildman–Crippen MR) is 95.8 cm³/mol. The Balaban J connectivity index is 2.11. The van der Waals surface area contributed by atoms with Crippen molar-refractivity contribution in [1.82, 2.24) is 9.88 Å². The quantitative estimate of drug-likeness (QED) is 0.882. The molecule has 4 nitrogen and oxygen atoms in total. The van der Waals surface area contributed by atoms with Crippen LogP contribution in [0.5, 0.6) is 0 Å². The lowest BCUT2D eigenvalue weighted by atomic mass is 9.97. The fraction of sp³-hybridized carbons (Fsp3) is 0.400. The fourth-order valence-electron chi connectivity index (χ4n) is 2.56. The summed E-state index contributed by atoms with van der Waals surface area (Å²) in [6.07, 6.45) is 4.88. The third kappa shape index (κ3) is 4.90. The molecule has 0 unspecified atom stereocenters. The molecule has 0 aliphatic heterocycles. The van der Waals surface area contributed by atoms with Gasteiger partial charge in [0.1, 0.15) is 0 Å². The average molecular weight is 326 g/mol. The summed E-state index contributed by atoms with van der Waals surface area (Å²) in [6, 6.07) is 11.5. The number of amides is 1. The monoisotopic (exact) mass is 326 g/mol. The summed E-state index contributed by atoms with van der Waals surface area (Å²) >= 11 is 0. The van der Waals surface area contributed by atoms with Gasteiger partial charge in [0.2, 0.25) is 0 Å². The van der Waals surface area contributed by atoms with Gasteiger partial charge < -0.3 is 10.0 Å². The fourth-order valence-corrected chi connectivity index (χ4v) is 2.56. The second-order valence-electron chi connectivity index (χ2n) is 6.89. The molecule has 2 aromatic rings. The van der Waals surface area contributed by atoms with E-state index in [1.807, 2.05) is 50.4 Å². The molecule has 24 heavy (non-hydrogen) atoms. The van der Waals surface area contributed by atoms with E-state index in [9.17, 15) is 9.90 Å². The van der Waals surface area contributed by atoms with Gasteiger partial charge in [-0.3, -0.25) is 9.78 Å². The van der Waals surface area contributed by atoms with E-state index in [0.717, 1.165) is 17.5 Å². The van der Waals surface area contributed by atoms with Crippen LogP contribution in [0.25, 0.3) is 0 Å². The van der Waals surface area contributed by atoms with E-state index in [2.05, 4.69) is 4.98 Å². The summed E-state index contributed by atoms with van der Waals surface area (Å²) < 4.78 is 0. The molecule has 0 aliphatic carbocycles. The van der Waals surface area contributed by atoms with E-state index in [0.29, 0.717) is 12.0 Å². The molecule has 128 valence electrons. The highest BCUT2D eigenvalue weighted by molar-refractivity contribution is 5.94. The van der Waals surface area contributed by atoms with Gasteiger partial charge in [0.15, 0.2) is 0 Å². The Kier molecular flexibility index (Phi) is 5.73. The SMILES string of the molecule is C[C@H](c1ccncc1)N(C)C(=O)c1cccc(CCC(C)(C)O)c1. The molecule has 1 heterocycles. The van der Waals surface area contributed by atoms with Crippen LogP contribution >= 0.6 is 0 Å². The maximum atomic E-state index is 12.8. The number of aromatic nitrogens is 1.